The van der Waals surface area contributed by atoms with Gasteiger partial charge in [-0.1, -0.05) is 13.0 Å². The van der Waals surface area contributed by atoms with Crippen LogP contribution in [0.2, 0.25) is 0 Å². The molecule has 0 radical (unpaired) electrons. The first kappa shape index (κ1) is 13.1. The maximum atomic E-state index is 12.5. The van der Waals surface area contributed by atoms with E-state index in [2.05, 4.69) is 15.1 Å². The molecule has 0 aliphatic carbocycles. The molecule has 6 heteroatoms. The monoisotopic (exact) mass is 279 g/mol. The highest BCUT2D eigenvalue weighted by molar-refractivity contribution is 5.54. The molecule has 104 valence electrons. The quantitative estimate of drug-likeness (QED) is 0.786. The number of pyridine rings is 1. The Morgan fingerprint density at radius 3 is 3.00 bits per heavy atom. The molecular formula is C15H13N5O. The molecule has 3 heterocycles. The number of H-pyrrole nitrogens is 1. The van der Waals surface area contributed by atoms with E-state index in [9.17, 15) is 4.79 Å². The van der Waals surface area contributed by atoms with Gasteiger partial charge in [-0.3, -0.25) is 14.9 Å². The Bertz CT molecular complexity index is 886. The van der Waals surface area contributed by atoms with Crippen molar-refractivity contribution in [3.8, 4) is 6.07 Å². The Morgan fingerprint density at radius 2 is 2.33 bits per heavy atom. The van der Waals surface area contributed by atoms with E-state index >= 15 is 0 Å². The van der Waals surface area contributed by atoms with Crippen molar-refractivity contribution in [3.63, 3.8) is 0 Å². The molecule has 3 rings (SSSR count). The van der Waals surface area contributed by atoms with Crippen LogP contribution >= 0.6 is 0 Å². The van der Waals surface area contributed by atoms with Gasteiger partial charge in [0, 0.05) is 30.6 Å². The van der Waals surface area contributed by atoms with Crippen LogP contribution in [0.15, 0.2) is 35.5 Å². The van der Waals surface area contributed by atoms with Gasteiger partial charge in [0.25, 0.3) is 5.56 Å². The maximum absolute atomic E-state index is 12.5. The molecule has 3 aromatic rings. The molecule has 21 heavy (non-hydrogen) atoms. The van der Waals surface area contributed by atoms with Crippen molar-refractivity contribution in [1.82, 2.24) is 19.6 Å². The maximum Gasteiger partial charge on any atom is 0.276 e. The van der Waals surface area contributed by atoms with Crippen LogP contribution in [0.1, 0.15) is 29.3 Å². The minimum atomic E-state index is -0.150. The zero-order chi connectivity index (χ0) is 14.8. The predicted octanol–water partition coefficient (Wildman–Crippen LogP) is 1.44. The van der Waals surface area contributed by atoms with Gasteiger partial charge in [0.05, 0.1) is 5.69 Å². The fraction of sp³-hybridized carbons (Fsp3) is 0.200. The zero-order valence-corrected chi connectivity index (χ0v) is 11.5. The number of hydrogen-bond acceptors (Lipinski definition) is 4. The molecule has 0 aliphatic heterocycles. The molecule has 0 bridgehead atoms. The summed E-state index contributed by atoms with van der Waals surface area (Å²) in [6.45, 7) is 1.92. The van der Waals surface area contributed by atoms with Crippen LogP contribution in [0.3, 0.4) is 0 Å². The summed E-state index contributed by atoms with van der Waals surface area (Å²) in [5.41, 5.74) is 2.93. The summed E-state index contributed by atoms with van der Waals surface area (Å²) in [6.07, 6.45) is 6.07. The van der Waals surface area contributed by atoms with Crippen LogP contribution in [0.25, 0.3) is 5.65 Å². The lowest BCUT2D eigenvalue weighted by atomic mass is 10.1. The molecule has 0 saturated carbocycles. The molecule has 0 atom stereocenters. The van der Waals surface area contributed by atoms with E-state index in [4.69, 9.17) is 5.26 Å². The molecule has 0 aliphatic rings. The van der Waals surface area contributed by atoms with Crippen LogP contribution in [0, 0.1) is 11.3 Å². The summed E-state index contributed by atoms with van der Waals surface area (Å²) in [4.78, 5) is 21.1. The SMILES string of the molecule is CCc1c(Cc2cccnc2)nc2c(C#N)c[nH]n2c1=O. The van der Waals surface area contributed by atoms with Gasteiger partial charge in [-0.25, -0.2) is 9.50 Å². The van der Waals surface area contributed by atoms with Crippen LogP contribution in [0.4, 0.5) is 0 Å². The summed E-state index contributed by atoms with van der Waals surface area (Å²) in [6, 6.07) is 5.83. The number of rotatable bonds is 3. The van der Waals surface area contributed by atoms with Gasteiger partial charge >= 0.3 is 0 Å². The van der Waals surface area contributed by atoms with Crippen molar-refractivity contribution >= 4 is 5.65 Å². The largest absolute Gasteiger partial charge is 0.295 e. The first-order valence-electron chi connectivity index (χ1n) is 6.65. The number of fused-ring (bicyclic) bond motifs is 1. The molecule has 0 fully saturated rings. The average Bonchev–Trinajstić information content (AvgIpc) is 2.92. The van der Waals surface area contributed by atoms with E-state index < -0.39 is 0 Å². The molecule has 0 unspecified atom stereocenters. The lowest BCUT2D eigenvalue weighted by molar-refractivity contribution is 0.840. The number of hydrogen-bond donors (Lipinski definition) is 1. The summed E-state index contributed by atoms with van der Waals surface area (Å²) in [7, 11) is 0. The highest BCUT2D eigenvalue weighted by Gasteiger charge is 2.15. The molecule has 1 N–H and O–H groups in total. The Kier molecular flexibility index (Phi) is 3.24. The third-order valence-electron chi connectivity index (χ3n) is 3.41. The van der Waals surface area contributed by atoms with Gasteiger partial charge in [-0.2, -0.15) is 5.26 Å². The van der Waals surface area contributed by atoms with Crippen molar-refractivity contribution < 1.29 is 0 Å². The van der Waals surface area contributed by atoms with E-state index in [0.29, 0.717) is 35.3 Å². The highest BCUT2D eigenvalue weighted by Crippen LogP contribution is 2.13. The number of nitrogens with zero attached hydrogens (tertiary/aromatic N) is 4. The predicted molar refractivity (Wildman–Crippen MR) is 76.9 cm³/mol. The van der Waals surface area contributed by atoms with Crippen LogP contribution < -0.4 is 5.56 Å². The van der Waals surface area contributed by atoms with Crippen LogP contribution in [-0.2, 0) is 12.8 Å². The van der Waals surface area contributed by atoms with Crippen molar-refractivity contribution in [1.29, 1.82) is 5.26 Å². The van der Waals surface area contributed by atoms with Gasteiger partial charge in [-0.05, 0) is 18.1 Å². The van der Waals surface area contributed by atoms with E-state index in [1.165, 1.54) is 10.7 Å². The summed E-state index contributed by atoms with van der Waals surface area (Å²) < 4.78 is 1.32. The van der Waals surface area contributed by atoms with Crippen molar-refractivity contribution in [3.05, 3.63) is 63.5 Å². The fourth-order valence-corrected chi connectivity index (χ4v) is 2.37. The highest BCUT2D eigenvalue weighted by atomic mass is 16.1. The number of nitriles is 1. The third-order valence-corrected chi connectivity index (χ3v) is 3.41. The first-order chi connectivity index (χ1) is 10.2. The second-order valence-corrected chi connectivity index (χ2v) is 4.69. The Morgan fingerprint density at radius 1 is 1.48 bits per heavy atom. The zero-order valence-electron chi connectivity index (χ0n) is 11.5. The van der Waals surface area contributed by atoms with Crippen molar-refractivity contribution in [2.45, 2.75) is 19.8 Å². The van der Waals surface area contributed by atoms with E-state index in [-0.39, 0.29) is 5.56 Å². The molecule has 0 amide bonds. The Hall–Kier alpha value is -2.94. The summed E-state index contributed by atoms with van der Waals surface area (Å²) >= 11 is 0. The van der Waals surface area contributed by atoms with Crippen LogP contribution in [-0.4, -0.2) is 19.6 Å². The second kappa shape index (κ2) is 5.21. The molecule has 3 aromatic heterocycles. The van der Waals surface area contributed by atoms with Crippen molar-refractivity contribution in [2.24, 2.45) is 0 Å². The molecule has 0 spiro atoms. The van der Waals surface area contributed by atoms with Crippen LogP contribution in [0.5, 0.6) is 0 Å². The van der Waals surface area contributed by atoms with Gasteiger partial charge < -0.3 is 0 Å². The lowest BCUT2D eigenvalue weighted by Crippen LogP contribution is -2.22. The summed E-state index contributed by atoms with van der Waals surface area (Å²) in [5, 5.41) is 11.9. The first-order valence-corrected chi connectivity index (χ1v) is 6.65. The topological polar surface area (TPSA) is 86.8 Å². The molecular weight excluding hydrogens is 266 g/mol. The minimum Gasteiger partial charge on any atom is -0.295 e. The van der Waals surface area contributed by atoms with E-state index in [1.54, 1.807) is 12.4 Å². The van der Waals surface area contributed by atoms with Gasteiger partial charge in [0.1, 0.15) is 11.6 Å². The minimum absolute atomic E-state index is 0.150. The third kappa shape index (κ3) is 2.19. The van der Waals surface area contributed by atoms with Gasteiger partial charge in [-0.15, -0.1) is 0 Å². The Labute approximate surface area is 120 Å². The molecule has 0 aromatic carbocycles. The smallest absolute Gasteiger partial charge is 0.276 e. The average molecular weight is 279 g/mol. The van der Waals surface area contributed by atoms with E-state index in [0.717, 1.165) is 5.56 Å². The Balaban J connectivity index is 2.21. The second-order valence-electron chi connectivity index (χ2n) is 4.69. The lowest BCUT2D eigenvalue weighted by Gasteiger charge is -2.07. The van der Waals surface area contributed by atoms with Crippen molar-refractivity contribution in [2.75, 3.05) is 0 Å². The number of aromatic nitrogens is 4. The molecule has 0 saturated heterocycles. The van der Waals surface area contributed by atoms with Gasteiger partial charge in [0.2, 0.25) is 0 Å². The summed E-state index contributed by atoms with van der Waals surface area (Å²) in [5.74, 6) is 0. The van der Waals surface area contributed by atoms with E-state index in [1.807, 2.05) is 25.1 Å². The fourth-order valence-electron chi connectivity index (χ4n) is 2.37. The standard InChI is InChI=1S/C15H13N5O/c1-2-12-13(6-10-4-3-5-17-8-10)19-14-11(7-16)9-18-20(14)15(12)21/h3-5,8-9,18H,2,6H2,1H3. The number of nitrogens with one attached hydrogen (secondary N) is 1. The normalized spacial score (nSPS) is 10.7. The van der Waals surface area contributed by atoms with Gasteiger partial charge in [0.15, 0.2) is 5.65 Å². The number of aromatic amines is 1. The molecule has 6 nitrogen and oxygen atoms in total.